The van der Waals surface area contributed by atoms with E-state index in [0.29, 0.717) is 0 Å². The van der Waals surface area contributed by atoms with Crippen molar-refractivity contribution in [1.82, 2.24) is 10.4 Å². The first-order valence-corrected chi connectivity index (χ1v) is 5.44. The molecule has 1 unspecified atom stereocenters. The summed E-state index contributed by atoms with van der Waals surface area (Å²) in [5.41, 5.74) is 4.61. The molecule has 3 nitrogen and oxygen atoms in total. The van der Waals surface area contributed by atoms with Crippen molar-refractivity contribution in [3.8, 4) is 0 Å². The van der Waals surface area contributed by atoms with Crippen molar-refractivity contribution in [2.45, 2.75) is 26.4 Å². The van der Waals surface area contributed by atoms with E-state index in [1.807, 2.05) is 6.07 Å². The maximum Gasteiger partial charge on any atom is 0.120 e. The Morgan fingerprint density at radius 2 is 2.07 bits per heavy atom. The van der Waals surface area contributed by atoms with Gasteiger partial charge in [0.25, 0.3) is 0 Å². The number of hydrogen-bond acceptors (Lipinski definition) is 3. The van der Waals surface area contributed by atoms with Gasteiger partial charge in [0.15, 0.2) is 0 Å². The highest BCUT2D eigenvalue weighted by molar-refractivity contribution is 5.85. The minimum Gasteiger partial charge on any atom is -0.294 e. The maximum absolute atomic E-state index is 4.57. The molecule has 1 aromatic carbocycles. The lowest BCUT2D eigenvalue weighted by Crippen LogP contribution is -2.40. The number of aliphatic imine (C=N–C) groups is 1. The minimum absolute atomic E-state index is 0.212. The van der Waals surface area contributed by atoms with Crippen LogP contribution < -0.4 is 5.43 Å². The second-order valence-electron chi connectivity index (χ2n) is 3.76. The lowest BCUT2D eigenvalue weighted by molar-refractivity contribution is 0.317. The largest absolute Gasteiger partial charge is 0.294 e. The van der Waals surface area contributed by atoms with Gasteiger partial charge in [-0.15, -0.1) is 0 Å². The first kappa shape index (κ1) is 10.2. The van der Waals surface area contributed by atoms with Crippen LogP contribution in [0.5, 0.6) is 0 Å². The van der Waals surface area contributed by atoms with E-state index < -0.39 is 0 Å². The van der Waals surface area contributed by atoms with E-state index >= 15 is 0 Å². The summed E-state index contributed by atoms with van der Waals surface area (Å²) in [4.78, 5) is 4.57. The Labute approximate surface area is 90.8 Å². The van der Waals surface area contributed by atoms with Crippen molar-refractivity contribution in [3.63, 3.8) is 0 Å². The second-order valence-corrected chi connectivity index (χ2v) is 3.76. The predicted molar refractivity (Wildman–Crippen MR) is 62.6 cm³/mol. The van der Waals surface area contributed by atoms with Crippen molar-refractivity contribution in [2.75, 3.05) is 6.54 Å². The topological polar surface area (TPSA) is 27.6 Å². The zero-order valence-electron chi connectivity index (χ0n) is 9.27. The molecule has 1 N–H and O–H groups in total. The first-order valence-electron chi connectivity index (χ1n) is 5.44. The van der Waals surface area contributed by atoms with Gasteiger partial charge in [0, 0.05) is 13.0 Å². The predicted octanol–water partition coefficient (Wildman–Crippen LogP) is 1.81. The van der Waals surface area contributed by atoms with Crippen molar-refractivity contribution in [1.29, 1.82) is 0 Å². The van der Waals surface area contributed by atoms with Crippen LogP contribution in [0.2, 0.25) is 0 Å². The smallest absolute Gasteiger partial charge is 0.120 e. The molecule has 1 aliphatic rings. The molecule has 0 aliphatic carbocycles. The molecular formula is C12H17N3. The Morgan fingerprint density at radius 3 is 2.73 bits per heavy atom. The quantitative estimate of drug-likeness (QED) is 0.811. The van der Waals surface area contributed by atoms with Crippen LogP contribution >= 0.6 is 0 Å². The van der Waals surface area contributed by atoms with Gasteiger partial charge in [0.05, 0.1) is 0 Å². The van der Waals surface area contributed by atoms with E-state index in [1.165, 1.54) is 5.56 Å². The van der Waals surface area contributed by atoms with Gasteiger partial charge in [0.1, 0.15) is 12.0 Å². The minimum atomic E-state index is 0.212. The molecule has 0 spiro atoms. The number of likely N-dealkylation sites (N-methyl/N-ethyl adjacent to an activating group) is 1. The monoisotopic (exact) mass is 203 g/mol. The molecule has 80 valence electrons. The zero-order valence-corrected chi connectivity index (χ0v) is 9.27. The fourth-order valence-corrected chi connectivity index (χ4v) is 1.82. The molecule has 0 radical (unpaired) electrons. The van der Waals surface area contributed by atoms with Gasteiger partial charge in [-0.3, -0.25) is 10.0 Å². The molecule has 0 bridgehead atoms. The number of nitrogens with zero attached hydrogens (tertiary/aromatic N) is 2. The Hall–Kier alpha value is -1.35. The third kappa shape index (κ3) is 2.36. The molecular weight excluding hydrogens is 186 g/mol. The van der Waals surface area contributed by atoms with Crippen LogP contribution in [0.25, 0.3) is 0 Å². The molecule has 0 fully saturated rings. The van der Waals surface area contributed by atoms with Crippen LogP contribution in [0.15, 0.2) is 35.3 Å². The van der Waals surface area contributed by atoms with Crippen molar-refractivity contribution >= 4 is 5.84 Å². The van der Waals surface area contributed by atoms with Crippen LogP contribution in [0.4, 0.5) is 0 Å². The van der Waals surface area contributed by atoms with Gasteiger partial charge in [-0.25, -0.2) is 5.43 Å². The van der Waals surface area contributed by atoms with Gasteiger partial charge in [-0.05, 0) is 19.4 Å². The molecule has 1 aromatic rings. The number of rotatable bonds is 3. The third-order valence-electron chi connectivity index (χ3n) is 2.52. The Morgan fingerprint density at radius 1 is 1.33 bits per heavy atom. The summed E-state index contributed by atoms with van der Waals surface area (Å²) < 4.78 is 0. The van der Waals surface area contributed by atoms with Crippen LogP contribution in [0.1, 0.15) is 19.4 Å². The molecule has 1 aliphatic heterocycles. The average molecular weight is 203 g/mol. The summed E-state index contributed by atoms with van der Waals surface area (Å²) in [6.45, 7) is 5.15. The molecule has 1 atom stereocenters. The fourth-order valence-electron chi connectivity index (χ4n) is 1.82. The van der Waals surface area contributed by atoms with Crippen LogP contribution in [-0.4, -0.2) is 23.6 Å². The second kappa shape index (κ2) is 4.45. The SMILES string of the molecule is CCN1NC(C)N=C1Cc1ccccc1. The number of hydrogen-bond donors (Lipinski definition) is 1. The summed E-state index contributed by atoms with van der Waals surface area (Å²) in [6, 6.07) is 10.5. The van der Waals surface area contributed by atoms with E-state index in [4.69, 9.17) is 0 Å². The lowest BCUT2D eigenvalue weighted by atomic mass is 10.1. The summed E-state index contributed by atoms with van der Waals surface area (Å²) >= 11 is 0. The van der Waals surface area contributed by atoms with E-state index in [9.17, 15) is 0 Å². The van der Waals surface area contributed by atoms with E-state index in [-0.39, 0.29) is 6.17 Å². The van der Waals surface area contributed by atoms with Crippen LogP contribution in [0.3, 0.4) is 0 Å². The van der Waals surface area contributed by atoms with E-state index in [2.05, 4.69) is 53.5 Å². The summed E-state index contributed by atoms with van der Waals surface area (Å²) in [7, 11) is 0. The normalized spacial score (nSPS) is 20.5. The highest BCUT2D eigenvalue weighted by atomic mass is 15.6. The van der Waals surface area contributed by atoms with Crippen molar-refractivity contribution in [3.05, 3.63) is 35.9 Å². The molecule has 0 saturated heterocycles. The summed E-state index contributed by atoms with van der Waals surface area (Å²) in [6.07, 6.45) is 1.12. The molecule has 0 amide bonds. The van der Waals surface area contributed by atoms with Crippen molar-refractivity contribution in [2.24, 2.45) is 4.99 Å². The number of nitrogens with one attached hydrogen (secondary N) is 1. The maximum atomic E-state index is 4.57. The molecule has 15 heavy (non-hydrogen) atoms. The number of benzene rings is 1. The number of hydrazine groups is 1. The van der Waals surface area contributed by atoms with Crippen LogP contribution in [-0.2, 0) is 6.42 Å². The molecule has 2 rings (SSSR count). The Kier molecular flexibility index (Phi) is 3.02. The highest BCUT2D eigenvalue weighted by Crippen LogP contribution is 2.08. The van der Waals surface area contributed by atoms with Gasteiger partial charge in [-0.1, -0.05) is 30.3 Å². The summed E-state index contributed by atoms with van der Waals surface area (Å²) in [5.74, 6) is 1.14. The van der Waals surface area contributed by atoms with E-state index in [1.54, 1.807) is 0 Å². The van der Waals surface area contributed by atoms with Gasteiger partial charge in [0.2, 0.25) is 0 Å². The lowest BCUT2D eigenvalue weighted by Gasteiger charge is -2.18. The van der Waals surface area contributed by atoms with Crippen molar-refractivity contribution < 1.29 is 0 Å². The first-order chi connectivity index (χ1) is 7.29. The average Bonchev–Trinajstić information content (AvgIpc) is 2.60. The standard InChI is InChI=1S/C12H17N3/c1-3-15-12(13-10(2)14-15)9-11-7-5-4-6-8-11/h4-8,10,14H,3,9H2,1-2H3. The fraction of sp³-hybridized carbons (Fsp3) is 0.417. The number of amidine groups is 1. The van der Waals surface area contributed by atoms with E-state index in [0.717, 1.165) is 18.8 Å². The van der Waals surface area contributed by atoms with Gasteiger partial charge in [-0.2, -0.15) is 0 Å². The molecule has 3 heteroatoms. The van der Waals surface area contributed by atoms with Gasteiger partial charge >= 0.3 is 0 Å². The molecule has 1 heterocycles. The van der Waals surface area contributed by atoms with Crippen LogP contribution in [0, 0.1) is 0 Å². The molecule has 0 aromatic heterocycles. The van der Waals surface area contributed by atoms with Gasteiger partial charge < -0.3 is 0 Å². The Balaban J connectivity index is 2.08. The summed E-state index contributed by atoms with van der Waals surface area (Å²) in [5, 5.41) is 2.12. The highest BCUT2D eigenvalue weighted by Gasteiger charge is 2.19. The Bertz CT molecular complexity index is 345. The molecule has 0 saturated carbocycles. The zero-order chi connectivity index (χ0) is 10.7. The third-order valence-corrected chi connectivity index (χ3v) is 2.52.